The summed E-state index contributed by atoms with van der Waals surface area (Å²) in [6, 6.07) is 7.09. The molecule has 0 radical (unpaired) electrons. The van der Waals surface area contributed by atoms with Gasteiger partial charge in [0.1, 0.15) is 5.58 Å². The van der Waals surface area contributed by atoms with Gasteiger partial charge < -0.3 is 10.2 Å². The summed E-state index contributed by atoms with van der Waals surface area (Å²) in [5.41, 5.74) is 12.6. The number of carbonyl (C=O) groups excluding carboxylic acids is 1. The van der Waals surface area contributed by atoms with Crippen LogP contribution in [0.2, 0.25) is 0 Å². The molecule has 0 saturated heterocycles. The Morgan fingerprint density at radius 3 is 3.00 bits per heavy atom. The lowest BCUT2D eigenvalue weighted by Gasteiger charge is -2.10. The molecule has 0 saturated carbocycles. The number of hydrogen-bond donors (Lipinski definition) is 3. The minimum Gasteiger partial charge on any atom is -0.464 e. The zero-order valence-electron chi connectivity index (χ0n) is 9.57. The summed E-state index contributed by atoms with van der Waals surface area (Å²) >= 11 is 0. The van der Waals surface area contributed by atoms with Crippen LogP contribution in [0.25, 0.3) is 11.0 Å². The fourth-order valence-electron chi connectivity index (χ4n) is 1.74. The van der Waals surface area contributed by atoms with Crippen molar-refractivity contribution < 1.29 is 9.21 Å². The van der Waals surface area contributed by atoms with Gasteiger partial charge in [-0.1, -0.05) is 18.2 Å². The highest BCUT2D eigenvalue weighted by molar-refractivity contribution is 5.84. The number of nitrogens with two attached hydrogens (primary N) is 1. The molecule has 0 aliphatic carbocycles. The average Bonchev–Trinajstić information content (AvgIpc) is 2.73. The van der Waals surface area contributed by atoms with Gasteiger partial charge in [0.05, 0.1) is 12.3 Å². The van der Waals surface area contributed by atoms with Crippen molar-refractivity contribution in [1.82, 2.24) is 10.9 Å². The molecule has 0 bridgehead atoms. The minimum atomic E-state index is -0.594. The maximum atomic E-state index is 11.5. The number of hydrogen-bond acceptors (Lipinski definition) is 4. The van der Waals surface area contributed by atoms with Gasteiger partial charge in [-0.2, -0.15) is 0 Å². The molecule has 4 N–H and O–H groups in total. The first kappa shape index (κ1) is 11.6. The molecule has 1 aromatic carbocycles. The van der Waals surface area contributed by atoms with E-state index in [0.717, 1.165) is 16.5 Å². The normalized spacial score (nSPS) is 12.6. The van der Waals surface area contributed by atoms with E-state index >= 15 is 0 Å². The molecule has 5 heteroatoms. The van der Waals surface area contributed by atoms with Gasteiger partial charge in [0.25, 0.3) is 5.91 Å². The number of amides is 1. The molecule has 2 aromatic rings. The van der Waals surface area contributed by atoms with Crippen LogP contribution < -0.4 is 16.6 Å². The summed E-state index contributed by atoms with van der Waals surface area (Å²) in [7, 11) is 1.62. The average molecular weight is 233 g/mol. The Kier molecular flexibility index (Phi) is 3.41. The van der Waals surface area contributed by atoms with Gasteiger partial charge in [-0.05, 0) is 6.07 Å². The zero-order valence-corrected chi connectivity index (χ0v) is 9.57. The third kappa shape index (κ3) is 2.46. The van der Waals surface area contributed by atoms with Crippen molar-refractivity contribution >= 4 is 16.9 Å². The molecule has 1 unspecified atom stereocenters. The molecule has 1 heterocycles. The van der Waals surface area contributed by atoms with Crippen molar-refractivity contribution in [1.29, 1.82) is 0 Å². The maximum Gasteiger partial charge on any atom is 0.251 e. The molecule has 17 heavy (non-hydrogen) atoms. The number of carbonyl (C=O) groups is 1. The molecular weight excluding hydrogens is 218 g/mol. The smallest absolute Gasteiger partial charge is 0.251 e. The predicted molar refractivity (Wildman–Crippen MR) is 65.1 cm³/mol. The molecule has 5 nitrogen and oxygen atoms in total. The predicted octanol–water partition coefficient (Wildman–Crippen LogP) is 0.553. The second-order valence-electron chi connectivity index (χ2n) is 3.81. The van der Waals surface area contributed by atoms with Gasteiger partial charge in [-0.15, -0.1) is 0 Å². The lowest BCUT2D eigenvalue weighted by atomic mass is 10.1. The van der Waals surface area contributed by atoms with E-state index in [0.29, 0.717) is 6.42 Å². The largest absolute Gasteiger partial charge is 0.464 e. The molecule has 90 valence electrons. The molecule has 1 amide bonds. The molecule has 2 rings (SSSR count). The number of benzene rings is 1. The van der Waals surface area contributed by atoms with E-state index in [-0.39, 0.29) is 5.91 Å². The van der Waals surface area contributed by atoms with E-state index in [1.807, 2.05) is 24.3 Å². The van der Waals surface area contributed by atoms with Crippen molar-refractivity contribution in [2.24, 2.45) is 5.73 Å². The van der Waals surface area contributed by atoms with E-state index in [2.05, 4.69) is 10.9 Å². The quantitative estimate of drug-likeness (QED) is 0.674. The molecule has 1 aromatic heterocycles. The maximum absolute atomic E-state index is 11.5. The second-order valence-corrected chi connectivity index (χ2v) is 3.81. The highest BCUT2D eigenvalue weighted by atomic mass is 16.3. The first-order valence-electron chi connectivity index (χ1n) is 5.39. The topological polar surface area (TPSA) is 80.3 Å². The SMILES string of the molecule is CNNC(=O)C(N)Cc1coc2ccccc12. The Bertz CT molecular complexity index is 521. The van der Waals surface area contributed by atoms with E-state index in [1.54, 1.807) is 13.3 Å². The van der Waals surface area contributed by atoms with E-state index in [4.69, 9.17) is 10.2 Å². The van der Waals surface area contributed by atoms with E-state index in [9.17, 15) is 4.79 Å². The number of nitrogens with one attached hydrogen (secondary N) is 2. The summed E-state index contributed by atoms with van der Waals surface area (Å²) in [5.74, 6) is -0.238. The standard InChI is InChI=1S/C12H15N3O2/c1-14-15-12(16)10(13)6-8-7-17-11-5-3-2-4-9(8)11/h2-5,7,10,14H,6,13H2,1H3,(H,15,16). The Hall–Kier alpha value is -1.85. The lowest BCUT2D eigenvalue weighted by Crippen LogP contribution is -2.46. The van der Waals surface area contributed by atoms with Crippen molar-refractivity contribution in [3.63, 3.8) is 0 Å². The van der Waals surface area contributed by atoms with Gasteiger partial charge in [0.2, 0.25) is 0 Å². The van der Waals surface area contributed by atoms with Crippen LogP contribution in [0.15, 0.2) is 34.9 Å². The third-order valence-corrected chi connectivity index (χ3v) is 2.59. The first-order chi connectivity index (χ1) is 8.22. The molecule has 0 fully saturated rings. The monoisotopic (exact) mass is 233 g/mol. The van der Waals surface area contributed by atoms with Crippen LogP contribution in [-0.2, 0) is 11.2 Å². The van der Waals surface area contributed by atoms with Gasteiger partial charge in [0.15, 0.2) is 0 Å². The summed E-state index contributed by atoms with van der Waals surface area (Å²) in [4.78, 5) is 11.5. The number of fused-ring (bicyclic) bond motifs is 1. The van der Waals surface area contributed by atoms with Crippen LogP contribution in [0.4, 0.5) is 0 Å². The molecule has 1 atom stereocenters. The van der Waals surface area contributed by atoms with Gasteiger partial charge in [-0.25, -0.2) is 5.43 Å². The first-order valence-corrected chi connectivity index (χ1v) is 5.39. The fourth-order valence-corrected chi connectivity index (χ4v) is 1.74. The van der Waals surface area contributed by atoms with Crippen LogP contribution in [0.1, 0.15) is 5.56 Å². The second kappa shape index (κ2) is 4.99. The summed E-state index contributed by atoms with van der Waals surface area (Å²) in [6.07, 6.45) is 2.10. The Morgan fingerprint density at radius 2 is 2.24 bits per heavy atom. The summed E-state index contributed by atoms with van der Waals surface area (Å²) < 4.78 is 5.39. The van der Waals surface area contributed by atoms with Gasteiger partial charge in [0, 0.05) is 24.4 Å². The van der Waals surface area contributed by atoms with Crippen molar-refractivity contribution in [3.8, 4) is 0 Å². The van der Waals surface area contributed by atoms with Gasteiger partial charge >= 0.3 is 0 Å². The summed E-state index contributed by atoms with van der Waals surface area (Å²) in [6.45, 7) is 0. The number of rotatable bonds is 4. The number of para-hydroxylation sites is 1. The zero-order chi connectivity index (χ0) is 12.3. The minimum absolute atomic E-state index is 0.238. The van der Waals surface area contributed by atoms with Crippen molar-refractivity contribution in [3.05, 3.63) is 36.1 Å². The number of hydrazine groups is 1. The Balaban J connectivity index is 2.16. The fraction of sp³-hybridized carbons (Fsp3) is 0.250. The van der Waals surface area contributed by atoms with Crippen molar-refractivity contribution in [2.75, 3.05) is 7.05 Å². The van der Waals surface area contributed by atoms with E-state index < -0.39 is 6.04 Å². The lowest BCUT2D eigenvalue weighted by molar-refractivity contribution is -0.123. The van der Waals surface area contributed by atoms with Crippen LogP contribution in [-0.4, -0.2) is 19.0 Å². The van der Waals surface area contributed by atoms with Crippen LogP contribution in [0.3, 0.4) is 0 Å². The summed E-state index contributed by atoms with van der Waals surface area (Å²) in [5, 5.41) is 1.00. The van der Waals surface area contributed by atoms with Crippen molar-refractivity contribution in [2.45, 2.75) is 12.5 Å². The Labute approximate surface area is 98.9 Å². The molecular formula is C12H15N3O2. The third-order valence-electron chi connectivity index (χ3n) is 2.59. The van der Waals surface area contributed by atoms with Crippen LogP contribution >= 0.6 is 0 Å². The molecule has 0 aliphatic rings. The van der Waals surface area contributed by atoms with Gasteiger partial charge in [-0.3, -0.25) is 10.2 Å². The Morgan fingerprint density at radius 1 is 1.47 bits per heavy atom. The highest BCUT2D eigenvalue weighted by Crippen LogP contribution is 2.21. The van der Waals surface area contributed by atoms with Crippen LogP contribution in [0.5, 0.6) is 0 Å². The molecule has 0 spiro atoms. The van der Waals surface area contributed by atoms with Crippen LogP contribution in [0, 0.1) is 0 Å². The molecule has 0 aliphatic heterocycles. The van der Waals surface area contributed by atoms with E-state index in [1.165, 1.54) is 0 Å². The number of furan rings is 1. The highest BCUT2D eigenvalue weighted by Gasteiger charge is 2.16.